The highest BCUT2D eigenvalue weighted by Crippen LogP contribution is 2.23. The summed E-state index contributed by atoms with van der Waals surface area (Å²) < 4.78 is 0.679. The third-order valence-electron chi connectivity index (χ3n) is 3.30. The lowest BCUT2D eigenvalue weighted by molar-refractivity contribution is -0.140. The molecule has 2 heterocycles. The number of thiophene rings is 1. The molecular weight excluding hydrogens is 298 g/mol. The van der Waals surface area contributed by atoms with Crippen molar-refractivity contribution < 1.29 is 14.7 Å². The van der Waals surface area contributed by atoms with Crippen LogP contribution in [0.2, 0.25) is 4.34 Å². The number of carbonyl (C=O) groups excluding carboxylic acids is 1. The molecule has 1 aliphatic rings. The fourth-order valence-electron chi connectivity index (χ4n) is 2.37. The summed E-state index contributed by atoms with van der Waals surface area (Å²) in [4.78, 5) is 25.6. The Morgan fingerprint density at radius 2 is 2.25 bits per heavy atom. The molecule has 1 aliphatic heterocycles. The summed E-state index contributed by atoms with van der Waals surface area (Å²) in [6, 6.07) is 3.44. The van der Waals surface area contributed by atoms with E-state index >= 15 is 0 Å². The van der Waals surface area contributed by atoms with Crippen LogP contribution >= 0.6 is 22.9 Å². The van der Waals surface area contributed by atoms with E-state index in [0.29, 0.717) is 10.9 Å². The highest BCUT2D eigenvalue weighted by molar-refractivity contribution is 7.17. The summed E-state index contributed by atoms with van der Waals surface area (Å²) in [5.74, 6) is -0.982. The monoisotopic (exact) mass is 313 g/mol. The Hall–Kier alpha value is -1.33. The number of piperidine rings is 1. The van der Waals surface area contributed by atoms with Gasteiger partial charge in [0.15, 0.2) is 0 Å². The van der Waals surface area contributed by atoms with Gasteiger partial charge in [-0.3, -0.25) is 9.59 Å². The molecule has 1 atom stereocenters. The van der Waals surface area contributed by atoms with E-state index < -0.39 is 5.97 Å². The lowest BCUT2D eigenvalue weighted by Gasteiger charge is -2.34. The van der Waals surface area contributed by atoms with Crippen LogP contribution in [0.5, 0.6) is 0 Å². The minimum absolute atomic E-state index is 0.0183. The number of carboxylic acids is 1. The number of amides is 1. The molecule has 0 aliphatic carbocycles. The van der Waals surface area contributed by atoms with E-state index in [1.54, 1.807) is 17.0 Å². The fourth-order valence-corrected chi connectivity index (χ4v) is 3.34. The van der Waals surface area contributed by atoms with Crippen molar-refractivity contribution in [2.45, 2.75) is 31.7 Å². The molecule has 0 saturated carbocycles. The van der Waals surface area contributed by atoms with Crippen molar-refractivity contribution in [1.29, 1.82) is 0 Å². The summed E-state index contributed by atoms with van der Waals surface area (Å²) in [6.45, 7) is 0.631. The Bertz CT molecular complexity index is 526. The average molecular weight is 314 g/mol. The maximum absolute atomic E-state index is 12.2. The molecule has 0 bridgehead atoms. The van der Waals surface area contributed by atoms with Crippen LogP contribution in [0, 0.1) is 0 Å². The Balaban J connectivity index is 2.02. The Morgan fingerprint density at radius 1 is 1.45 bits per heavy atom. The fraction of sp³-hybridized carbons (Fsp3) is 0.429. The van der Waals surface area contributed by atoms with Crippen molar-refractivity contribution >= 4 is 40.9 Å². The molecule has 1 fully saturated rings. The van der Waals surface area contributed by atoms with Gasteiger partial charge in [-0.05, 0) is 37.5 Å². The molecule has 2 rings (SSSR count). The van der Waals surface area contributed by atoms with Crippen LogP contribution in [-0.4, -0.2) is 34.5 Å². The van der Waals surface area contributed by atoms with Gasteiger partial charge >= 0.3 is 5.97 Å². The molecular formula is C14H16ClNO3S. The standard InChI is InChI=1S/C14H16ClNO3S/c15-12-6-4-11(20-12)5-7-13(17)16-8-2-1-3-10(16)9-14(18)19/h4-7,10H,1-3,8-9H2,(H,18,19)/b7-5+. The van der Waals surface area contributed by atoms with Crippen molar-refractivity contribution in [2.24, 2.45) is 0 Å². The number of halogens is 1. The molecule has 1 saturated heterocycles. The lowest BCUT2D eigenvalue weighted by Crippen LogP contribution is -2.44. The summed E-state index contributed by atoms with van der Waals surface area (Å²) >= 11 is 7.23. The third-order valence-corrected chi connectivity index (χ3v) is 4.50. The molecule has 1 aromatic rings. The normalized spacial score (nSPS) is 19.4. The first-order valence-corrected chi connectivity index (χ1v) is 7.71. The molecule has 0 spiro atoms. The Kier molecular flexibility index (Phi) is 5.20. The van der Waals surface area contributed by atoms with E-state index in [1.807, 2.05) is 6.07 Å². The lowest BCUT2D eigenvalue weighted by atomic mass is 9.99. The minimum Gasteiger partial charge on any atom is -0.481 e. The number of likely N-dealkylation sites (tertiary alicyclic amines) is 1. The number of rotatable bonds is 4. The van der Waals surface area contributed by atoms with Crippen LogP contribution < -0.4 is 0 Å². The predicted molar refractivity (Wildman–Crippen MR) is 80.0 cm³/mol. The number of aliphatic carboxylic acids is 1. The van der Waals surface area contributed by atoms with Gasteiger partial charge in [0.25, 0.3) is 0 Å². The third kappa shape index (κ3) is 4.08. The van der Waals surface area contributed by atoms with Crippen molar-refractivity contribution in [3.8, 4) is 0 Å². The molecule has 1 aromatic heterocycles. The zero-order valence-corrected chi connectivity index (χ0v) is 12.5. The predicted octanol–water partition coefficient (Wildman–Crippen LogP) is 3.27. The zero-order chi connectivity index (χ0) is 14.5. The molecule has 108 valence electrons. The molecule has 20 heavy (non-hydrogen) atoms. The van der Waals surface area contributed by atoms with E-state index in [2.05, 4.69) is 0 Å². The van der Waals surface area contributed by atoms with Gasteiger partial charge in [0.05, 0.1) is 10.8 Å². The maximum atomic E-state index is 12.2. The Morgan fingerprint density at radius 3 is 2.90 bits per heavy atom. The SMILES string of the molecule is O=C(O)CC1CCCCN1C(=O)/C=C/c1ccc(Cl)s1. The smallest absolute Gasteiger partial charge is 0.305 e. The van der Waals surface area contributed by atoms with Crippen LogP contribution in [-0.2, 0) is 9.59 Å². The second-order valence-electron chi connectivity index (χ2n) is 4.75. The van der Waals surface area contributed by atoms with Gasteiger partial charge in [0.1, 0.15) is 0 Å². The van der Waals surface area contributed by atoms with Gasteiger partial charge in [-0.25, -0.2) is 0 Å². The first-order chi connectivity index (χ1) is 9.56. The quantitative estimate of drug-likeness (QED) is 0.868. The van der Waals surface area contributed by atoms with E-state index in [-0.39, 0.29) is 18.4 Å². The van der Waals surface area contributed by atoms with Crippen LogP contribution in [0.1, 0.15) is 30.6 Å². The van der Waals surface area contributed by atoms with Gasteiger partial charge in [-0.2, -0.15) is 0 Å². The van der Waals surface area contributed by atoms with Crippen molar-refractivity contribution in [3.05, 3.63) is 27.4 Å². The number of hydrogen-bond acceptors (Lipinski definition) is 3. The van der Waals surface area contributed by atoms with Crippen LogP contribution in [0.4, 0.5) is 0 Å². The van der Waals surface area contributed by atoms with Crippen LogP contribution in [0.25, 0.3) is 6.08 Å². The van der Waals surface area contributed by atoms with Gasteiger partial charge < -0.3 is 10.0 Å². The maximum Gasteiger partial charge on any atom is 0.305 e. The summed E-state index contributed by atoms with van der Waals surface area (Å²) in [5, 5.41) is 8.91. The van der Waals surface area contributed by atoms with Gasteiger partial charge in [0, 0.05) is 23.5 Å². The minimum atomic E-state index is -0.858. The van der Waals surface area contributed by atoms with Crippen LogP contribution in [0.15, 0.2) is 18.2 Å². The molecule has 0 aromatic carbocycles. The molecule has 0 radical (unpaired) electrons. The van der Waals surface area contributed by atoms with Crippen molar-refractivity contribution in [1.82, 2.24) is 4.90 Å². The van der Waals surface area contributed by atoms with Gasteiger partial charge in [-0.1, -0.05) is 11.6 Å². The molecule has 1 N–H and O–H groups in total. The molecule has 1 amide bonds. The summed E-state index contributed by atoms with van der Waals surface area (Å²) in [6.07, 6.45) is 5.92. The second kappa shape index (κ2) is 6.90. The topological polar surface area (TPSA) is 57.6 Å². The van der Waals surface area contributed by atoms with Crippen LogP contribution in [0.3, 0.4) is 0 Å². The van der Waals surface area contributed by atoms with Crippen molar-refractivity contribution in [2.75, 3.05) is 6.54 Å². The Labute approximate surface area is 126 Å². The summed E-state index contributed by atoms with van der Waals surface area (Å²) in [7, 11) is 0. The highest BCUT2D eigenvalue weighted by Gasteiger charge is 2.27. The first kappa shape index (κ1) is 15.1. The first-order valence-electron chi connectivity index (χ1n) is 6.52. The number of hydrogen-bond donors (Lipinski definition) is 1. The largest absolute Gasteiger partial charge is 0.481 e. The number of carbonyl (C=O) groups is 2. The number of nitrogens with zero attached hydrogens (tertiary/aromatic N) is 1. The zero-order valence-electron chi connectivity index (χ0n) is 10.9. The molecule has 6 heteroatoms. The highest BCUT2D eigenvalue weighted by atomic mass is 35.5. The van der Waals surface area contributed by atoms with E-state index in [9.17, 15) is 9.59 Å². The van der Waals surface area contributed by atoms with E-state index in [4.69, 9.17) is 16.7 Å². The van der Waals surface area contributed by atoms with E-state index in [1.165, 1.54) is 17.4 Å². The van der Waals surface area contributed by atoms with Crippen molar-refractivity contribution in [3.63, 3.8) is 0 Å². The summed E-state index contributed by atoms with van der Waals surface area (Å²) in [5.41, 5.74) is 0. The second-order valence-corrected chi connectivity index (χ2v) is 6.50. The van der Waals surface area contributed by atoms with E-state index in [0.717, 1.165) is 24.1 Å². The molecule has 1 unspecified atom stereocenters. The van der Waals surface area contributed by atoms with Gasteiger partial charge in [0.2, 0.25) is 5.91 Å². The number of carboxylic acid groups (broad SMARTS) is 1. The van der Waals surface area contributed by atoms with Gasteiger partial charge in [-0.15, -0.1) is 11.3 Å². The molecule has 4 nitrogen and oxygen atoms in total. The average Bonchev–Trinajstić information content (AvgIpc) is 2.82.